The van der Waals surface area contributed by atoms with E-state index in [0.717, 1.165) is 30.0 Å². The minimum Gasteiger partial charge on any atom is -0.308 e. The zero-order chi connectivity index (χ0) is 18.5. The monoisotopic (exact) mass is 354 g/mol. The van der Waals surface area contributed by atoms with Gasteiger partial charge in [-0.05, 0) is 36.8 Å². The number of nitrogens with zero attached hydrogens (tertiary/aromatic N) is 3. The highest BCUT2D eigenvalue weighted by atomic mass is 15.3. The highest BCUT2D eigenvalue weighted by molar-refractivity contribution is 5.64. The molecule has 2 aromatic heterocycles. The zero-order valence-corrected chi connectivity index (χ0v) is 15.3. The molecule has 0 atom stereocenters. The van der Waals surface area contributed by atoms with Crippen LogP contribution in [0.15, 0.2) is 85.3 Å². The molecule has 1 N–H and O–H groups in total. The first-order valence-corrected chi connectivity index (χ1v) is 9.10. The number of pyridine rings is 1. The van der Waals surface area contributed by atoms with Crippen molar-refractivity contribution < 1.29 is 0 Å². The molecular formula is C23H22N4. The molecule has 4 heteroatoms. The van der Waals surface area contributed by atoms with Gasteiger partial charge in [0, 0.05) is 42.8 Å². The number of benzene rings is 2. The first-order chi connectivity index (χ1) is 13.3. The van der Waals surface area contributed by atoms with E-state index in [0.29, 0.717) is 0 Å². The van der Waals surface area contributed by atoms with E-state index in [1.54, 1.807) is 6.20 Å². The molecule has 4 nitrogen and oxygen atoms in total. The van der Waals surface area contributed by atoms with Crippen LogP contribution < -0.4 is 5.32 Å². The summed E-state index contributed by atoms with van der Waals surface area (Å²) in [5, 5.41) is 8.40. The number of rotatable bonds is 6. The molecule has 0 unspecified atom stereocenters. The molecule has 0 saturated heterocycles. The summed E-state index contributed by atoms with van der Waals surface area (Å²) in [5.74, 6) is 0. The molecule has 0 aliphatic carbocycles. The Labute approximate surface area is 159 Å². The average Bonchev–Trinajstić information content (AvgIpc) is 3.14. The van der Waals surface area contributed by atoms with Crippen LogP contribution in [0.5, 0.6) is 0 Å². The highest BCUT2D eigenvalue weighted by Gasteiger charge is 2.12. The number of hydrogen-bond donors (Lipinski definition) is 1. The smallest absolute Gasteiger partial charge is 0.0972 e. The third-order valence-electron chi connectivity index (χ3n) is 4.47. The molecule has 4 rings (SSSR count). The van der Waals surface area contributed by atoms with E-state index in [1.807, 2.05) is 35.1 Å². The summed E-state index contributed by atoms with van der Waals surface area (Å²) in [5.41, 5.74) is 6.79. The lowest BCUT2D eigenvalue weighted by atomic mass is 10.1. The van der Waals surface area contributed by atoms with Crippen molar-refractivity contribution in [2.45, 2.75) is 20.0 Å². The normalized spacial score (nSPS) is 10.9. The number of para-hydroxylation sites is 1. The molecule has 2 aromatic carbocycles. The summed E-state index contributed by atoms with van der Waals surface area (Å²) in [4.78, 5) is 4.17. The molecule has 27 heavy (non-hydrogen) atoms. The van der Waals surface area contributed by atoms with Crippen LogP contribution in [0, 0.1) is 6.92 Å². The Hall–Kier alpha value is -3.24. The summed E-state index contributed by atoms with van der Waals surface area (Å²) in [6.45, 7) is 3.63. The summed E-state index contributed by atoms with van der Waals surface area (Å²) in [6.07, 6.45) is 5.80. The maximum atomic E-state index is 4.88. The van der Waals surface area contributed by atoms with Crippen molar-refractivity contribution in [1.29, 1.82) is 0 Å². The second-order valence-electron chi connectivity index (χ2n) is 6.62. The van der Waals surface area contributed by atoms with Gasteiger partial charge >= 0.3 is 0 Å². The third kappa shape index (κ3) is 4.13. The molecule has 0 aliphatic rings. The SMILES string of the molecule is Cc1cccc(-c2nn(-c3ccccc3)cc2CNCc2cccnc2)c1. The van der Waals surface area contributed by atoms with Gasteiger partial charge in [-0.15, -0.1) is 0 Å². The lowest BCUT2D eigenvalue weighted by molar-refractivity contribution is 0.692. The standard InChI is InChI=1S/C23H22N4/c1-18-7-5-9-20(13-18)23-21(16-25-15-19-8-6-12-24-14-19)17-27(26-23)22-10-3-2-4-11-22/h2-14,17,25H,15-16H2,1H3. The summed E-state index contributed by atoms with van der Waals surface area (Å²) < 4.78 is 1.96. The Morgan fingerprint density at radius 3 is 2.59 bits per heavy atom. The fourth-order valence-electron chi connectivity index (χ4n) is 3.13. The van der Waals surface area contributed by atoms with Crippen molar-refractivity contribution in [3.05, 3.63) is 102 Å². The zero-order valence-electron chi connectivity index (χ0n) is 15.3. The van der Waals surface area contributed by atoms with Gasteiger partial charge in [-0.3, -0.25) is 4.98 Å². The molecule has 0 saturated carbocycles. The third-order valence-corrected chi connectivity index (χ3v) is 4.47. The van der Waals surface area contributed by atoms with Gasteiger partial charge in [0.1, 0.15) is 0 Å². The maximum absolute atomic E-state index is 4.88. The second kappa shape index (κ2) is 7.98. The molecule has 0 fully saturated rings. The summed E-state index contributed by atoms with van der Waals surface area (Å²) in [7, 11) is 0. The fourth-order valence-corrected chi connectivity index (χ4v) is 3.13. The van der Waals surface area contributed by atoms with Crippen molar-refractivity contribution in [2.75, 3.05) is 0 Å². The van der Waals surface area contributed by atoms with Gasteiger partial charge < -0.3 is 5.32 Å². The number of aromatic nitrogens is 3. The maximum Gasteiger partial charge on any atom is 0.0972 e. The van der Waals surface area contributed by atoms with E-state index in [2.05, 4.69) is 65.9 Å². The van der Waals surface area contributed by atoms with E-state index in [-0.39, 0.29) is 0 Å². The van der Waals surface area contributed by atoms with Gasteiger partial charge in [0.25, 0.3) is 0 Å². The minimum absolute atomic E-state index is 0.741. The van der Waals surface area contributed by atoms with E-state index < -0.39 is 0 Å². The molecule has 134 valence electrons. The van der Waals surface area contributed by atoms with Crippen LogP contribution in [0.25, 0.3) is 16.9 Å². The topological polar surface area (TPSA) is 42.7 Å². The Kier molecular flexibility index (Phi) is 5.08. The van der Waals surface area contributed by atoms with Gasteiger partial charge in [-0.2, -0.15) is 5.10 Å². The lowest BCUT2D eigenvalue weighted by Crippen LogP contribution is -2.13. The van der Waals surface area contributed by atoms with E-state index >= 15 is 0 Å². The first-order valence-electron chi connectivity index (χ1n) is 9.10. The quantitative estimate of drug-likeness (QED) is 0.553. The lowest BCUT2D eigenvalue weighted by Gasteiger charge is -2.06. The molecule has 0 spiro atoms. The number of hydrogen-bond acceptors (Lipinski definition) is 3. The highest BCUT2D eigenvalue weighted by Crippen LogP contribution is 2.24. The molecule has 0 amide bonds. The van der Waals surface area contributed by atoms with Crippen LogP contribution in [0.3, 0.4) is 0 Å². The van der Waals surface area contributed by atoms with Crippen LogP contribution >= 0.6 is 0 Å². The Bertz CT molecular complexity index is 1010. The molecule has 4 aromatic rings. The van der Waals surface area contributed by atoms with Crippen molar-refractivity contribution in [3.8, 4) is 16.9 Å². The van der Waals surface area contributed by atoms with Crippen molar-refractivity contribution >= 4 is 0 Å². The van der Waals surface area contributed by atoms with E-state index in [1.165, 1.54) is 16.7 Å². The van der Waals surface area contributed by atoms with Crippen LogP contribution in [-0.4, -0.2) is 14.8 Å². The Morgan fingerprint density at radius 2 is 1.81 bits per heavy atom. The Balaban J connectivity index is 1.63. The van der Waals surface area contributed by atoms with Gasteiger partial charge in [0.15, 0.2) is 0 Å². The molecule has 0 bridgehead atoms. The van der Waals surface area contributed by atoms with Crippen LogP contribution in [-0.2, 0) is 13.1 Å². The van der Waals surface area contributed by atoms with Crippen molar-refractivity contribution in [1.82, 2.24) is 20.1 Å². The van der Waals surface area contributed by atoms with E-state index in [4.69, 9.17) is 5.10 Å². The van der Waals surface area contributed by atoms with Crippen LogP contribution in [0.1, 0.15) is 16.7 Å². The van der Waals surface area contributed by atoms with Gasteiger partial charge in [0.2, 0.25) is 0 Å². The summed E-state index contributed by atoms with van der Waals surface area (Å²) >= 11 is 0. The summed E-state index contributed by atoms with van der Waals surface area (Å²) in [6, 6.07) is 22.8. The molecule has 0 aliphatic heterocycles. The molecular weight excluding hydrogens is 332 g/mol. The van der Waals surface area contributed by atoms with Gasteiger partial charge in [-0.1, -0.05) is 48.0 Å². The van der Waals surface area contributed by atoms with Gasteiger partial charge in [-0.25, -0.2) is 4.68 Å². The van der Waals surface area contributed by atoms with Crippen LogP contribution in [0.2, 0.25) is 0 Å². The van der Waals surface area contributed by atoms with Crippen molar-refractivity contribution in [3.63, 3.8) is 0 Å². The second-order valence-corrected chi connectivity index (χ2v) is 6.62. The predicted molar refractivity (Wildman–Crippen MR) is 109 cm³/mol. The number of aryl methyl sites for hydroxylation is 1. The Morgan fingerprint density at radius 1 is 0.926 bits per heavy atom. The van der Waals surface area contributed by atoms with Crippen LogP contribution in [0.4, 0.5) is 0 Å². The molecule has 2 heterocycles. The van der Waals surface area contributed by atoms with Crippen molar-refractivity contribution in [2.24, 2.45) is 0 Å². The van der Waals surface area contributed by atoms with E-state index in [9.17, 15) is 0 Å². The minimum atomic E-state index is 0.741. The predicted octanol–water partition coefficient (Wildman–Crippen LogP) is 4.53. The number of nitrogens with one attached hydrogen (secondary N) is 1. The average molecular weight is 354 g/mol. The largest absolute Gasteiger partial charge is 0.308 e. The molecule has 0 radical (unpaired) electrons. The van der Waals surface area contributed by atoms with Gasteiger partial charge in [0.05, 0.1) is 11.4 Å². The fraction of sp³-hybridized carbons (Fsp3) is 0.130. The first kappa shape index (κ1) is 17.2.